The number of hydrogen-bond acceptors (Lipinski definition) is 4. The van der Waals surface area contributed by atoms with E-state index in [1.807, 2.05) is 41.5 Å². The molecular weight excluding hydrogens is 298 g/mol. The molecule has 1 aromatic carbocycles. The van der Waals surface area contributed by atoms with Gasteiger partial charge in [0.1, 0.15) is 0 Å². The summed E-state index contributed by atoms with van der Waals surface area (Å²) in [5.74, 6) is 0. The van der Waals surface area contributed by atoms with E-state index in [4.69, 9.17) is 4.74 Å². The van der Waals surface area contributed by atoms with Crippen molar-refractivity contribution < 1.29 is 9.53 Å². The van der Waals surface area contributed by atoms with Crippen LogP contribution in [-0.2, 0) is 4.74 Å². The third-order valence-electron chi connectivity index (χ3n) is 3.58. The Balaban J connectivity index is 1.70. The summed E-state index contributed by atoms with van der Waals surface area (Å²) in [6.07, 6.45) is 0.950. The van der Waals surface area contributed by atoms with Crippen molar-refractivity contribution in [3.8, 4) is 11.3 Å². The second kappa shape index (κ2) is 6.89. The lowest BCUT2D eigenvalue weighted by Crippen LogP contribution is -2.38. The SMILES string of the molecule is C[C@H]1CN(C(=O)Nc2cccc(-c3cscn3)c2)CCCO1. The number of rotatable bonds is 2. The predicted octanol–water partition coefficient (Wildman–Crippen LogP) is 3.45. The maximum atomic E-state index is 12.4. The Hall–Kier alpha value is -1.92. The van der Waals surface area contributed by atoms with Crippen molar-refractivity contribution in [3.63, 3.8) is 0 Å². The van der Waals surface area contributed by atoms with Gasteiger partial charge in [0.2, 0.25) is 0 Å². The third kappa shape index (κ3) is 3.64. The molecule has 116 valence electrons. The van der Waals surface area contributed by atoms with Gasteiger partial charge in [0.05, 0.1) is 17.3 Å². The maximum absolute atomic E-state index is 12.4. The summed E-state index contributed by atoms with van der Waals surface area (Å²) in [5.41, 5.74) is 4.52. The molecule has 1 atom stereocenters. The number of hydrogen-bond donors (Lipinski definition) is 1. The first-order valence-electron chi connectivity index (χ1n) is 7.38. The summed E-state index contributed by atoms with van der Waals surface area (Å²) in [5, 5.41) is 4.96. The van der Waals surface area contributed by atoms with Crippen molar-refractivity contribution in [1.29, 1.82) is 0 Å². The van der Waals surface area contributed by atoms with Gasteiger partial charge in [-0.1, -0.05) is 12.1 Å². The second-order valence-electron chi connectivity index (χ2n) is 5.37. The van der Waals surface area contributed by atoms with Crippen LogP contribution in [0.5, 0.6) is 0 Å². The fourth-order valence-electron chi connectivity index (χ4n) is 2.49. The molecule has 2 aromatic rings. The van der Waals surface area contributed by atoms with Crippen molar-refractivity contribution in [1.82, 2.24) is 9.88 Å². The number of benzene rings is 1. The molecule has 0 bridgehead atoms. The highest BCUT2D eigenvalue weighted by Crippen LogP contribution is 2.22. The average molecular weight is 317 g/mol. The highest BCUT2D eigenvalue weighted by atomic mass is 32.1. The number of nitrogens with one attached hydrogen (secondary N) is 1. The minimum atomic E-state index is -0.0761. The lowest BCUT2D eigenvalue weighted by atomic mass is 10.1. The summed E-state index contributed by atoms with van der Waals surface area (Å²) < 4.78 is 5.57. The quantitative estimate of drug-likeness (QED) is 0.923. The van der Waals surface area contributed by atoms with Gasteiger partial charge in [-0.15, -0.1) is 11.3 Å². The standard InChI is InChI=1S/C16H19N3O2S/c1-12-9-19(6-3-7-21-12)16(20)18-14-5-2-4-13(8-14)15-10-22-11-17-15/h2,4-5,8,10-12H,3,6-7,9H2,1H3,(H,18,20)/t12-/m0/s1. The van der Waals surface area contributed by atoms with Crippen LogP contribution in [0.2, 0.25) is 0 Å². The van der Waals surface area contributed by atoms with E-state index in [0.717, 1.165) is 29.9 Å². The van der Waals surface area contributed by atoms with Crippen LogP contribution in [0.3, 0.4) is 0 Å². The Labute approximate surface area is 133 Å². The van der Waals surface area contributed by atoms with E-state index in [0.29, 0.717) is 13.2 Å². The smallest absolute Gasteiger partial charge is 0.321 e. The topological polar surface area (TPSA) is 54.5 Å². The number of thiazole rings is 1. The molecule has 1 fully saturated rings. The Morgan fingerprint density at radius 3 is 3.23 bits per heavy atom. The minimum absolute atomic E-state index is 0.0761. The van der Waals surface area contributed by atoms with Crippen molar-refractivity contribution in [2.75, 3.05) is 25.0 Å². The molecule has 0 radical (unpaired) electrons. The first-order chi connectivity index (χ1) is 10.7. The number of carbonyl (C=O) groups is 1. The third-order valence-corrected chi connectivity index (χ3v) is 4.17. The van der Waals surface area contributed by atoms with Crippen LogP contribution in [-0.4, -0.2) is 41.7 Å². The van der Waals surface area contributed by atoms with Crippen LogP contribution in [0.1, 0.15) is 13.3 Å². The van der Waals surface area contributed by atoms with E-state index in [1.165, 1.54) is 0 Å². The molecule has 3 rings (SSSR count). The zero-order valence-corrected chi connectivity index (χ0v) is 13.3. The Kier molecular flexibility index (Phi) is 4.70. The lowest BCUT2D eigenvalue weighted by molar-refractivity contribution is 0.0718. The Morgan fingerprint density at radius 1 is 1.50 bits per heavy atom. The van der Waals surface area contributed by atoms with Crippen molar-refractivity contribution in [2.45, 2.75) is 19.4 Å². The summed E-state index contributed by atoms with van der Waals surface area (Å²) >= 11 is 1.56. The van der Waals surface area contributed by atoms with Gasteiger partial charge in [-0.3, -0.25) is 0 Å². The highest BCUT2D eigenvalue weighted by Gasteiger charge is 2.19. The van der Waals surface area contributed by atoms with E-state index < -0.39 is 0 Å². The normalized spacial score (nSPS) is 18.8. The first kappa shape index (κ1) is 15.0. The lowest BCUT2D eigenvalue weighted by Gasteiger charge is -2.22. The number of nitrogens with zero attached hydrogens (tertiary/aromatic N) is 2. The zero-order chi connectivity index (χ0) is 15.4. The second-order valence-corrected chi connectivity index (χ2v) is 6.08. The molecule has 2 heterocycles. The molecule has 0 unspecified atom stereocenters. The van der Waals surface area contributed by atoms with Crippen molar-refractivity contribution >= 4 is 23.1 Å². The van der Waals surface area contributed by atoms with Crippen LogP contribution < -0.4 is 5.32 Å². The van der Waals surface area contributed by atoms with E-state index >= 15 is 0 Å². The van der Waals surface area contributed by atoms with Crippen LogP contribution in [0.4, 0.5) is 10.5 Å². The van der Waals surface area contributed by atoms with Gasteiger partial charge < -0.3 is 15.0 Å². The van der Waals surface area contributed by atoms with Gasteiger partial charge >= 0.3 is 6.03 Å². The number of aromatic nitrogens is 1. The predicted molar refractivity (Wildman–Crippen MR) is 88.2 cm³/mol. The fraction of sp³-hybridized carbons (Fsp3) is 0.375. The number of ether oxygens (including phenoxy) is 1. The highest BCUT2D eigenvalue weighted by molar-refractivity contribution is 7.07. The van der Waals surface area contributed by atoms with Gasteiger partial charge in [-0.05, 0) is 25.5 Å². The number of carbonyl (C=O) groups excluding carboxylic acids is 1. The average Bonchev–Trinajstić information content (AvgIpc) is 2.96. The Morgan fingerprint density at radius 2 is 2.41 bits per heavy atom. The van der Waals surface area contributed by atoms with Crippen molar-refractivity contribution in [2.24, 2.45) is 0 Å². The van der Waals surface area contributed by atoms with Crippen LogP contribution in [0.15, 0.2) is 35.2 Å². The van der Waals surface area contributed by atoms with Crippen LogP contribution >= 0.6 is 11.3 Å². The molecule has 22 heavy (non-hydrogen) atoms. The minimum Gasteiger partial charge on any atom is -0.377 e. The first-order valence-corrected chi connectivity index (χ1v) is 8.33. The molecule has 5 nitrogen and oxygen atoms in total. The molecule has 1 aromatic heterocycles. The molecular formula is C16H19N3O2S. The monoisotopic (exact) mass is 317 g/mol. The molecule has 1 saturated heterocycles. The molecule has 0 spiro atoms. The molecule has 6 heteroatoms. The fourth-order valence-corrected chi connectivity index (χ4v) is 3.05. The molecule has 1 aliphatic heterocycles. The van der Waals surface area contributed by atoms with Gasteiger partial charge in [0.15, 0.2) is 0 Å². The summed E-state index contributed by atoms with van der Waals surface area (Å²) in [6.45, 7) is 4.05. The number of urea groups is 1. The molecule has 2 amide bonds. The largest absolute Gasteiger partial charge is 0.377 e. The van der Waals surface area contributed by atoms with Gasteiger partial charge in [-0.25, -0.2) is 9.78 Å². The van der Waals surface area contributed by atoms with Crippen molar-refractivity contribution in [3.05, 3.63) is 35.2 Å². The molecule has 1 N–H and O–H groups in total. The van der Waals surface area contributed by atoms with Crippen LogP contribution in [0, 0.1) is 0 Å². The van der Waals surface area contributed by atoms with Gasteiger partial charge in [0.25, 0.3) is 0 Å². The summed E-state index contributed by atoms with van der Waals surface area (Å²) in [6, 6.07) is 7.69. The maximum Gasteiger partial charge on any atom is 0.321 e. The van der Waals surface area contributed by atoms with Gasteiger partial charge in [0, 0.05) is 36.3 Å². The van der Waals surface area contributed by atoms with E-state index in [9.17, 15) is 4.79 Å². The van der Waals surface area contributed by atoms with Gasteiger partial charge in [-0.2, -0.15) is 0 Å². The molecule has 1 aliphatic rings. The Bertz CT molecular complexity index is 630. The summed E-state index contributed by atoms with van der Waals surface area (Å²) in [7, 11) is 0. The zero-order valence-electron chi connectivity index (χ0n) is 12.5. The number of anilines is 1. The van der Waals surface area contributed by atoms with E-state index in [1.54, 1.807) is 16.8 Å². The molecule has 0 aliphatic carbocycles. The summed E-state index contributed by atoms with van der Waals surface area (Å²) in [4.78, 5) is 18.5. The van der Waals surface area contributed by atoms with E-state index in [-0.39, 0.29) is 12.1 Å². The van der Waals surface area contributed by atoms with E-state index in [2.05, 4.69) is 10.3 Å². The molecule has 0 saturated carbocycles. The van der Waals surface area contributed by atoms with Crippen LogP contribution in [0.25, 0.3) is 11.3 Å². The number of amides is 2.